The van der Waals surface area contributed by atoms with Gasteiger partial charge in [-0.25, -0.2) is 9.97 Å². The van der Waals surface area contributed by atoms with E-state index in [0.29, 0.717) is 25.5 Å². The minimum atomic E-state index is -0.259. The molecule has 2 heterocycles. The highest BCUT2D eigenvalue weighted by atomic mass is 16.5. The van der Waals surface area contributed by atoms with Crippen LogP contribution in [0.1, 0.15) is 51.2 Å². The van der Waals surface area contributed by atoms with Gasteiger partial charge in [-0.15, -0.1) is 0 Å². The van der Waals surface area contributed by atoms with Gasteiger partial charge in [0.15, 0.2) is 5.82 Å². The van der Waals surface area contributed by atoms with Crippen LogP contribution in [0.5, 0.6) is 0 Å². The Hall–Kier alpha value is -2.27. The Morgan fingerprint density at radius 2 is 1.88 bits per heavy atom. The molecule has 25 heavy (non-hydrogen) atoms. The molecule has 0 spiro atoms. The molecular formula is C20H23N3O2. The summed E-state index contributed by atoms with van der Waals surface area (Å²) in [6, 6.07) is 8.09. The monoisotopic (exact) mass is 337 g/mol. The van der Waals surface area contributed by atoms with Gasteiger partial charge in [-0.3, -0.25) is 4.79 Å². The molecule has 1 amide bonds. The largest absolute Gasteiger partial charge is 0.367 e. The van der Waals surface area contributed by atoms with Crippen molar-refractivity contribution in [1.82, 2.24) is 14.9 Å². The molecule has 1 atom stereocenters. The average Bonchev–Trinajstić information content (AvgIpc) is 3.08. The molecule has 1 fully saturated rings. The molecule has 2 aliphatic rings. The maximum Gasteiger partial charge on any atom is 0.254 e. The van der Waals surface area contributed by atoms with E-state index in [0.717, 1.165) is 29.8 Å². The molecule has 1 aliphatic heterocycles. The molecule has 0 radical (unpaired) electrons. The average molecular weight is 337 g/mol. The Morgan fingerprint density at radius 3 is 2.68 bits per heavy atom. The fourth-order valence-corrected chi connectivity index (χ4v) is 3.77. The minimum absolute atomic E-state index is 0.0763. The summed E-state index contributed by atoms with van der Waals surface area (Å²) >= 11 is 0. The van der Waals surface area contributed by atoms with Gasteiger partial charge in [0.2, 0.25) is 0 Å². The highest BCUT2D eigenvalue weighted by Gasteiger charge is 2.28. The first-order valence-corrected chi connectivity index (χ1v) is 8.95. The molecule has 5 nitrogen and oxygen atoms in total. The van der Waals surface area contributed by atoms with Gasteiger partial charge in [-0.2, -0.15) is 0 Å². The second kappa shape index (κ2) is 6.56. The third-order valence-electron chi connectivity index (χ3n) is 4.99. The van der Waals surface area contributed by atoms with Crippen LogP contribution in [0.25, 0.3) is 0 Å². The normalized spacial score (nSPS) is 19.8. The topological polar surface area (TPSA) is 55.3 Å². The molecule has 1 saturated heterocycles. The second-order valence-corrected chi connectivity index (χ2v) is 6.96. The Labute approximate surface area is 148 Å². The zero-order valence-corrected chi connectivity index (χ0v) is 14.8. The van der Waals surface area contributed by atoms with Gasteiger partial charge in [-0.05, 0) is 62.4 Å². The highest BCUT2D eigenvalue weighted by molar-refractivity contribution is 5.94. The van der Waals surface area contributed by atoms with E-state index in [2.05, 4.69) is 22.1 Å². The van der Waals surface area contributed by atoms with Crippen LogP contribution in [-0.2, 0) is 17.6 Å². The van der Waals surface area contributed by atoms with E-state index in [4.69, 9.17) is 4.74 Å². The van der Waals surface area contributed by atoms with Crippen LogP contribution < -0.4 is 0 Å². The van der Waals surface area contributed by atoms with E-state index in [1.54, 1.807) is 0 Å². The summed E-state index contributed by atoms with van der Waals surface area (Å²) in [6.45, 7) is 5.52. The standard InChI is InChI=1S/C20H23N3O2/c1-13-10-14(2)22-19(21-13)18-12-23(8-9-25-18)20(24)17-7-6-15-4-3-5-16(15)11-17/h6-7,10-11,18H,3-5,8-9,12H2,1-2H3. The van der Waals surface area contributed by atoms with Crippen molar-refractivity contribution in [2.45, 2.75) is 39.2 Å². The molecule has 4 rings (SSSR count). The maximum absolute atomic E-state index is 12.9. The molecule has 0 bridgehead atoms. The Morgan fingerprint density at radius 1 is 1.12 bits per heavy atom. The summed E-state index contributed by atoms with van der Waals surface area (Å²) in [6.07, 6.45) is 3.15. The predicted octanol–water partition coefficient (Wildman–Crippen LogP) is 2.80. The number of morpholine rings is 1. The van der Waals surface area contributed by atoms with Crippen molar-refractivity contribution in [1.29, 1.82) is 0 Å². The first-order valence-electron chi connectivity index (χ1n) is 8.95. The lowest BCUT2D eigenvalue weighted by atomic mass is 10.1. The number of nitrogens with zero attached hydrogens (tertiary/aromatic N) is 3. The molecule has 5 heteroatoms. The number of aromatic nitrogens is 2. The van der Waals surface area contributed by atoms with Crippen LogP contribution >= 0.6 is 0 Å². The first-order chi connectivity index (χ1) is 12.1. The van der Waals surface area contributed by atoms with Crippen molar-refractivity contribution in [3.05, 3.63) is 58.2 Å². The summed E-state index contributed by atoms with van der Waals surface area (Å²) in [7, 11) is 0. The van der Waals surface area contributed by atoms with Gasteiger partial charge in [0, 0.05) is 23.5 Å². The predicted molar refractivity (Wildman–Crippen MR) is 94.6 cm³/mol. The van der Waals surface area contributed by atoms with Crippen LogP contribution in [0.15, 0.2) is 24.3 Å². The molecule has 1 aliphatic carbocycles. The van der Waals surface area contributed by atoms with E-state index in [-0.39, 0.29) is 12.0 Å². The lowest BCUT2D eigenvalue weighted by Gasteiger charge is -2.32. The van der Waals surface area contributed by atoms with Gasteiger partial charge in [0.25, 0.3) is 5.91 Å². The van der Waals surface area contributed by atoms with Crippen molar-refractivity contribution >= 4 is 5.91 Å². The van der Waals surface area contributed by atoms with Crippen molar-refractivity contribution in [3.63, 3.8) is 0 Å². The number of carbonyl (C=O) groups is 1. The molecule has 2 aromatic rings. The Balaban J connectivity index is 1.53. The maximum atomic E-state index is 12.9. The van der Waals surface area contributed by atoms with Crippen LogP contribution in [0.4, 0.5) is 0 Å². The number of benzene rings is 1. The molecule has 1 aromatic carbocycles. The number of hydrogen-bond donors (Lipinski definition) is 0. The summed E-state index contributed by atoms with van der Waals surface area (Å²) in [5.74, 6) is 0.747. The lowest BCUT2D eigenvalue weighted by molar-refractivity contribution is -0.0269. The quantitative estimate of drug-likeness (QED) is 0.845. The summed E-state index contributed by atoms with van der Waals surface area (Å²) in [5.41, 5.74) is 5.34. The molecule has 130 valence electrons. The van der Waals surface area contributed by atoms with E-state index in [9.17, 15) is 4.79 Å². The SMILES string of the molecule is Cc1cc(C)nc(C2CN(C(=O)c3ccc4c(c3)CCC4)CCO2)n1. The first kappa shape index (κ1) is 16.2. The number of hydrogen-bond acceptors (Lipinski definition) is 4. The molecule has 0 N–H and O–H groups in total. The van der Waals surface area contributed by atoms with Gasteiger partial charge in [-0.1, -0.05) is 6.07 Å². The smallest absolute Gasteiger partial charge is 0.254 e. The van der Waals surface area contributed by atoms with Crippen molar-refractivity contribution in [2.75, 3.05) is 19.7 Å². The minimum Gasteiger partial charge on any atom is -0.367 e. The third-order valence-corrected chi connectivity index (χ3v) is 4.99. The second-order valence-electron chi connectivity index (χ2n) is 6.96. The highest BCUT2D eigenvalue weighted by Crippen LogP contribution is 2.25. The van der Waals surface area contributed by atoms with Gasteiger partial charge < -0.3 is 9.64 Å². The van der Waals surface area contributed by atoms with Crippen LogP contribution in [0.3, 0.4) is 0 Å². The Kier molecular flexibility index (Phi) is 4.25. The van der Waals surface area contributed by atoms with Crippen molar-refractivity contribution in [2.24, 2.45) is 0 Å². The van der Waals surface area contributed by atoms with Gasteiger partial charge in [0.05, 0.1) is 13.2 Å². The van der Waals surface area contributed by atoms with Crippen LogP contribution in [0.2, 0.25) is 0 Å². The zero-order valence-electron chi connectivity index (χ0n) is 14.8. The molecule has 1 unspecified atom stereocenters. The number of fused-ring (bicyclic) bond motifs is 1. The van der Waals surface area contributed by atoms with Crippen LogP contribution in [-0.4, -0.2) is 40.5 Å². The Bertz CT molecular complexity index is 798. The van der Waals surface area contributed by atoms with E-state index < -0.39 is 0 Å². The van der Waals surface area contributed by atoms with E-state index >= 15 is 0 Å². The van der Waals surface area contributed by atoms with E-state index in [1.807, 2.05) is 30.9 Å². The molecule has 1 aromatic heterocycles. The lowest BCUT2D eigenvalue weighted by Crippen LogP contribution is -2.42. The summed E-state index contributed by atoms with van der Waals surface area (Å²) < 4.78 is 5.85. The van der Waals surface area contributed by atoms with Crippen LogP contribution in [0, 0.1) is 13.8 Å². The fraction of sp³-hybridized carbons (Fsp3) is 0.450. The summed E-state index contributed by atoms with van der Waals surface area (Å²) in [4.78, 5) is 23.8. The zero-order chi connectivity index (χ0) is 17.4. The fourth-order valence-electron chi connectivity index (χ4n) is 3.77. The van der Waals surface area contributed by atoms with Crippen molar-refractivity contribution in [3.8, 4) is 0 Å². The van der Waals surface area contributed by atoms with E-state index in [1.165, 1.54) is 17.5 Å². The number of rotatable bonds is 2. The van der Waals surface area contributed by atoms with Gasteiger partial charge in [0.1, 0.15) is 6.10 Å². The molecular weight excluding hydrogens is 314 g/mol. The third kappa shape index (κ3) is 3.29. The van der Waals surface area contributed by atoms with Crippen molar-refractivity contribution < 1.29 is 9.53 Å². The summed E-state index contributed by atoms with van der Waals surface area (Å²) in [5, 5.41) is 0. The number of amides is 1. The number of carbonyl (C=O) groups excluding carboxylic acids is 1. The number of aryl methyl sites for hydroxylation is 4. The molecule has 0 saturated carbocycles. The number of ether oxygens (including phenoxy) is 1. The van der Waals surface area contributed by atoms with Gasteiger partial charge >= 0.3 is 0 Å².